The molecular weight excluding hydrogens is 196 g/mol. The first-order chi connectivity index (χ1) is 6.61. The first-order valence-electron chi connectivity index (χ1n) is 4.85. The van der Waals surface area contributed by atoms with Gasteiger partial charge in [-0.05, 0) is 41.1 Å². The van der Waals surface area contributed by atoms with Crippen molar-refractivity contribution in [3.8, 4) is 0 Å². The average Bonchev–Trinajstić information content (AvgIpc) is 2.65. The molecule has 2 atom stereocenters. The van der Waals surface area contributed by atoms with E-state index >= 15 is 0 Å². The van der Waals surface area contributed by atoms with E-state index in [1.165, 1.54) is 5.56 Å². The van der Waals surface area contributed by atoms with Crippen LogP contribution in [0.1, 0.15) is 25.8 Å². The molecule has 1 rings (SSSR count). The molecule has 1 aromatic rings. The lowest BCUT2D eigenvalue weighted by molar-refractivity contribution is -0.142. The molecule has 14 heavy (non-hydrogen) atoms. The summed E-state index contributed by atoms with van der Waals surface area (Å²) < 4.78 is 0. The zero-order chi connectivity index (χ0) is 10.6. The van der Waals surface area contributed by atoms with Gasteiger partial charge in [0.05, 0.1) is 5.92 Å². The fourth-order valence-electron chi connectivity index (χ4n) is 1.32. The number of carboxylic acids is 1. The van der Waals surface area contributed by atoms with Crippen molar-refractivity contribution in [1.29, 1.82) is 0 Å². The van der Waals surface area contributed by atoms with E-state index in [1.807, 2.05) is 6.92 Å². The first kappa shape index (κ1) is 11.2. The van der Waals surface area contributed by atoms with Crippen molar-refractivity contribution in [2.75, 3.05) is 0 Å². The quantitative estimate of drug-likeness (QED) is 0.814. The zero-order valence-electron chi connectivity index (χ0n) is 8.56. The number of carbonyl (C=O) groups is 1. The summed E-state index contributed by atoms with van der Waals surface area (Å²) in [5, 5.41) is 13.0. The smallest absolute Gasteiger partial charge is 0.306 e. The van der Waals surface area contributed by atoms with E-state index in [-0.39, 0.29) is 11.8 Å². The van der Waals surface area contributed by atoms with Crippen molar-refractivity contribution in [3.05, 3.63) is 22.4 Å². The Morgan fingerprint density at radius 3 is 2.79 bits per heavy atom. The van der Waals surface area contributed by atoms with Gasteiger partial charge in [0.2, 0.25) is 0 Å². The third-order valence-electron chi connectivity index (χ3n) is 2.71. The Kier molecular flexibility index (Phi) is 4.14. The van der Waals surface area contributed by atoms with Gasteiger partial charge in [0, 0.05) is 0 Å². The van der Waals surface area contributed by atoms with E-state index in [0.29, 0.717) is 0 Å². The van der Waals surface area contributed by atoms with Crippen molar-refractivity contribution < 1.29 is 9.90 Å². The molecule has 0 saturated heterocycles. The highest BCUT2D eigenvalue weighted by Crippen LogP contribution is 2.19. The Balaban J connectivity index is 2.34. The SMILES string of the molecule is CC(CCc1ccsc1)C(C)C(=O)O. The minimum atomic E-state index is -0.692. The van der Waals surface area contributed by atoms with Gasteiger partial charge in [-0.1, -0.05) is 13.8 Å². The Hall–Kier alpha value is -0.830. The molecule has 2 unspecified atom stereocenters. The van der Waals surface area contributed by atoms with E-state index in [4.69, 9.17) is 5.11 Å². The van der Waals surface area contributed by atoms with E-state index in [2.05, 4.69) is 16.8 Å². The van der Waals surface area contributed by atoms with Gasteiger partial charge < -0.3 is 5.11 Å². The monoisotopic (exact) mass is 212 g/mol. The van der Waals surface area contributed by atoms with Crippen LogP contribution in [-0.2, 0) is 11.2 Å². The summed E-state index contributed by atoms with van der Waals surface area (Å²) in [5.74, 6) is -0.691. The maximum absolute atomic E-state index is 10.7. The highest BCUT2D eigenvalue weighted by atomic mass is 32.1. The van der Waals surface area contributed by atoms with Crippen LogP contribution in [0, 0.1) is 11.8 Å². The minimum absolute atomic E-state index is 0.242. The standard InChI is InChI=1S/C11H16O2S/c1-8(9(2)11(12)13)3-4-10-5-6-14-7-10/h5-9H,3-4H2,1-2H3,(H,12,13). The fourth-order valence-corrected chi connectivity index (χ4v) is 2.03. The van der Waals surface area contributed by atoms with Crippen LogP contribution in [0.3, 0.4) is 0 Å². The Labute approximate surface area is 88.6 Å². The molecule has 1 aromatic heterocycles. The van der Waals surface area contributed by atoms with Crippen LogP contribution in [0.5, 0.6) is 0 Å². The first-order valence-corrected chi connectivity index (χ1v) is 5.79. The minimum Gasteiger partial charge on any atom is -0.481 e. The lowest BCUT2D eigenvalue weighted by atomic mass is 9.91. The van der Waals surface area contributed by atoms with Crippen molar-refractivity contribution in [2.45, 2.75) is 26.7 Å². The van der Waals surface area contributed by atoms with Gasteiger partial charge in [0.15, 0.2) is 0 Å². The molecular formula is C11H16O2S. The number of carboxylic acid groups (broad SMARTS) is 1. The number of hydrogen-bond donors (Lipinski definition) is 1. The van der Waals surface area contributed by atoms with E-state index in [1.54, 1.807) is 18.3 Å². The molecule has 0 radical (unpaired) electrons. The van der Waals surface area contributed by atoms with Crippen LogP contribution >= 0.6 is 11.3 Å². The molecule has 0 saturated carbocycles. The van der Waals surface area contributed by atoms with E-state index in [0.717, 1.165) is 12.8 Å². The van der Waals surface area contributed by atoms with Gasteiger partial charge in [0.25, 0.3) is 0 Å². The Bertz CT molecular complexity index is 279. The van der Waals surface area contributed by atoms with Crippen molar-refractivity contribution in [3.63, 3.8) is 0 Å². The molecule has 0 bridgehead atoms. The van der Waals surface area contributed by atoms with Crippen molar-refractivity contribution in [1.82, 2.24) is 0 Å². The van der Waals surface area contributed by atoms with Crippen LogP contribution in [0.4, 0.5) is 0 Å². The molecule has 3 heteroatoms. The number of rotatable bonds is 5. The van der Waals surface area contributed by atoms with Crippen LogP contribution in [0.15, 0.2) is 16.8 Å². The molecule has 0 aliphatic carbocycles. The number of aryl methyl sites for hydroxylation is 1. The second-order valence-corrected chi connectivity index (χ2v) is 4.55. The third-order valence-corrected chi connectivity index (χ3v) is 3.44. The molecule has 78 valence electrons. The van der Waals surface area contributed by atoms with E-state index in [9.17, 15) is 4.79 Å². The summed E-state index contributed by atoms with van der Waals surface area (Å²) in [6.45, 7) is 3.78. The van der Waals surface area contributed by atoms with Crippen LogP contribution in [-0.4, -0.2) is 11.1 Å². The topological polar surface area (TPSA) is 37.3 Å². The molecule has 0 aliphatic rings. The largest absolute Gasteiger partial charge is 0.481 e. The second kappa shape index (κ2) is 5.15. The molecule has 0 aliphatic heterocycles. The van der Waals surface area contributed by atoms with Gasteiger partial charge in [0.1, 0.15) is 0 Å². The molecule has 0 amide bonds. The van der Waals surface area contributed by atoms with Crippen LogP contribution in [0.25, 0.3) is 0 Å². The summed E-state index contributed by atoms with van der Waals surface area (Å²) in [6.07, 6.45) is 1.94. The maximum Gasteiger partial charge on any atom is 0.306 e. The zero-order valence-corrected chi connectivity index (χ0v) is 9.38. The molecule has 1 N–H and O–H groups in total. The van der Waals surface area contributed by atoms with Gasteiger partial charge in [-0.25, -0.2) is 0 Å². The molecule has 0 fully saturated rings. The predicted octanol–water partition coefficient (Wildman–Crippen LogP) is 3.04. The van der Waals surface area contributed by atoms with Gasteiger partial charge >= 0.3 is 5.97 Å². The summed E-state index contributed by atoms with van der Waals surface area (Å²) >= 11 is 1.69. The molecule has 1 heterocycles. The normalized spacial score (nSPS) is 15.0. The lowest BCUT2D eigenvalue weighted by Crippen LogP contribution is -2.18. The fraction of sp³-hybridized carbons (Fsp3) is 0.545. The Morgan fingerprint density at radius 2 is 2.29 bits per heavy atom. The average molecular weight is 212 g/mol. The third kappa shape index (κ3) is 3.14. The second-order valence-electron chi connectivity index (χ2n) is 3.77. The highest BCUT2D eigenvalue weighted by molar-refractivity contribution is 7.07. The highest BCUT2D eigenvalue weighted by Gasteiger charge is 2.18. The van der Waals surface area contributed by atoms with Gasteiger partial charge in [-0.2, -0.15) is 11.3 Å². The summed E-state index contributed by atoms with van der Waals surface area (Å²) in [7, 11) is 0. The van der Waals surface area contributed by atoms with E-state index < -0.39 is 5.97 Å². The number of thiophene rings is 1. The van der Waals surface area contributed by atoms with Crippen LogP contribution < -0.4 is 0 Å². The number of aliphatic carboxylic acids is 1. The molecule has 2 nitrogen and oxygen atoms in total. The van der Waals surface area contributed by atoms with Crippen molar-refractivity contribution >= 4 is 17.3 Å². The summed E-state index contributed by atoms with van der Waals surface area (Å²) in [5.41, 5.74) is 1.32. The lowest BCUT2D eigenvalue weighted by Gasteiger charge is -2.14. The summed E-state index contributed by atoms with van der Waals surface area (Å²) in [6, 6.07) is 2.10. The Morgan fingerprint density at radius 1 is 1.57 bits per heavy atom. The van der Waals surface area contributed by atoms with Gasteiger partial charge in [-0.15, -0.1) is 0 Å². The predicted molar refractivity (Wildman–Crippen MR) is 58.6 cm³/mol. The van der Waals surface area contributed by atoms with Gasteiger partial charge in [-0.3, -0.25) is 4.79 Å². The van der Waals surface area contributed by atoms with Crippen molar-refractivity contribution in [2.24, 2.45) is 11.8 Å². The molecule has 0 aromatic carbocycles. The summed E-state index contributed by atoms with van der Waals surface area (Å²) in [4.78, 5) is 10.7. The number of hydrogen-bond acceptors (Lipinski definition) is 2. The van der Waals surface area contributed by atoms with Crippen LogP contribution in [0.2, 0.25) is 0 Å². The molecule has 0 spiro atoms. The maximum atomic E-state index is 10.7.